The maximum Gasteiger partial charge on any atom is 0.315 e. The molecule has 0 N–H and O–H groups in total. The van der Waals surface area contributed by atoms with E-state index in [-0.39, 0.29) is 39.5 Å². The van der Waals surface area contributed by atoms with Gasteiger partial charge in [0.25, 0.3) is 5.91 Å². The van der Waals surface area contributed by atoms with E-state index >= 15 is 0 Å². The molecule has 1 amide bonds. The summed E-state index contributed by atoms with van der Waals surface area (Å²) in [6, 6.07) is 9.12. The molecule has 8 heteroatoms. The van der Waals surface area contributed by atoms with Crippen LogP contribution in [0, 0.1) is 10.1 Å². The molecular weight excluding hydrogens is 364 g/mol. The Kier molecular flexibility index (Phi) is 3.48. The zero-order valence-corrected chi connectivity index (χ0v) is 14.6. The molecule has 0 unspecified atom stereocenters. The van der Waals surface area contributed by atoms with E-state index in [1.54, 1.807) is 18.2 Å². The fourth-order valence-electron chi connectivity index (χ4n) is 3.52. The fourth-order valence-corrected chi connectivity index (χ4v) is 3.52. The monoisotopic (exact) mass is 378 g/mol. The second kappa shape index (κ2) is 5.91. The van der Waals surface area contributed by atoms with Gasteiger partial charge in [0.15, 0.2) is 11.0 Å². The van der Waals surface area contributed by atoms with Crippen molar-refractivity contribution in [3.05, 3.63) is 74.1 Å². The minimum Gasteiger partial charge on any atom is -0.460 e. The lowest BCUT2D eigenvalue weighted by molar-refractivity contribution is -0.385. The highest BCUT2D eigenvalue weighted by Gasteiger charge is 2.38. The summed E-state index contributed by atoms with van der Waals surface area (Å²) < 4.78 is 11.1. The number of nitro benzene ring substituents is 1. The van der Waals surface area contributed by atoms with Gasteiger partial charge in [0.05, 0.1) is 16.6 Å². The Labute approximate surface area is 158 Å². The van der Waals surface area contributed by atoms with Crippen molar-refractivity contribution in [1.29, 1.82) is 0 Å². The van der Waals surface area contributed by atoms with Gasteiger partial charge in [-0.25, -0.2) is 0 Å². The highest BCUT2D eigenvalue weighted by Crippen LogP contribution is 2.40. The smallest absolute Gasteiger partial charge is 0.315 e. The van der Waals surface area contributed by atoms with Crippen LogP contribution in [0.2, 0.25) is 0 Å². The maximum absolute atomic E-state index is 12.6. The van der Waals surface area contributed by atoms with Crippen LogP contribution in [-0.2, 0) is 6.54 Å². The Morgan fingerprint density at radius 3 is 2.71 bits per heavy atom. The van der Waals surface area contributed by atoms with Gasteiger partial charge in [-0.15, -0.1) is 0 Å². The van der Waals surface area contributed by atoms with E-state index in [0.29, 0.717) is 18.2 Å². The molecular formula is C20H14N2O6. The molecule has 28 heavy (non-hydrogen) atoms. The van der Waals surface area contributed by atoms with Gasteiger partial charge in [-0.3, -0.25) is 19.7 Å². The third-order valence-corrected chi connectivity index (χ3v) is 5.08. The summed E-state index contributed by atoms with van der Waals surface area (Å²) in [5, 5.41) is 11.6. The molecule has 1 aliphatic carbocycles. The number of carbonyl (C=O) groups is 1. The van der Waals surface area contributed by atoms with Gasteiger partial charge in [-0.05, 0) is 36.6 Å². The average Bonchev–Trinajstić information content (AvgIpc) is 3.47. The van der Waals surface area contributed by atoms with Crippen LogP contribution >= 0.6 is 0 Å². The summed E-state index contributed by atoms with van der Waals surface area (Å²) >= 11 is 0. The van der Waals surface area contributed by atoms with Crippen molar-refractivity contribution in [3.63, 3.8) is 0 Å². The highest BCUT2D eigenvalue weighted by atomic mass is 16.6. The number of benzene rings is 2. The van der Waals surface area contributed by atoms with Crippen molar-refractivity contribution < 1.29 is 18.9 Å². The average molecular weight is 378 g/mol. The third-order valence-electron chi connectivity index (χ3n) is 5.08. The van der Waals surface area contributed by atoms with E-state index < -0.39 is 4.92 Å². The van der Waals surface area contributed by atoms with Crippen molar-refractivity contribution in [2.45, 2.75) is 25.4 Å². The summed E-state index contributed by atoms with van der Waals surface area (Å²) in [4.78, 5) is 37.3. The SMILES string of the molecule is O=C1c2cc(Oc3c([N+](=O)[O-])ccc4c(=O)ccoc34)ccc2CN1C1CC1. The van der Waals surface area contributed by atoms with E-state index in [9.17, 15) is 19.7 Å². The van der Waals surface area contributed by atoms with Gasteiger partial charge in [0.2, 0.25) is 5.75 Å². The highest BCUT2D eigenvalue weighted by molar-refractivity contribution is 5.99. The van der Waals surface area contributed by atoms with E-state index in [2.05, 4.69) is 0 Å². The van der Waals surface area contributed by atoms with Crippen molar-refractivity contribution in [1.82, 2.24) is 4.90 Å². The number of amides is 1. The molecule has 0 atom stereocenters. The van der Waals surface area contributed by atoms with Crippen molar-refractivity contribution >= 4 is 22.6 Å². The number of nitro groups is 1. The molecule has 1 saturated carbocycles. The maximum atomic E-state index is 12.6. The molecule has 1 fully saturated rings. The molecule has 0 saturated heterocycles. The molecule has 140 valence electrons. The molecule has 2 heterocycles. The number of hydrogen-bond acceptors (Lipinski definition) is 6. The number of nitrogens with zero attached hydrogens (tertiary/aromatic N) is 2. The van der Waals surface area contributed by atoms with Crippen LogP contribution in [0.25, 0.3) is 11.0 Å². The van der Waals surface area contributed by atoms with Gasteiger partial charge >= 0.3 is 5.69 Å². The Balaban J connectivity index is 1.59. The molecule has 3 aromatic rings. The van der Waals surface area contributed by atoms with Gasteiger partial charge in [-0.1, -0.05) is 6.07 Å². The van der Waals surface area contributed by atoms with Crippen LogP contribution < -0.4 is 10.2 Å². The first kappa shape index (κ1) is 16.5. The van der Waals surface area contributed by atoms with Gasteiger partial charge < -0.3 is 14.1 Å². The Hall–Kier alpha value is -3.68. The largest absolute Gasteiger partial charge is 0.460 e. The summed E-state index contributed by atoms with van der Waals surface area (Å²) in [6.07, 6.45) is 3.20. The number of carbonyl (C=O) groups excluding carboxylic acids is 1. The summed E-state index contributed by atoms with van der Waals surface area (Å²) in [7, 11) is 0. The predicted octanol–water partition coefficient (Wildman–Crippen LogP) is 3.61. The number of hydrogen-bond donors (Lipinski definition) is 0. The van der Waals surface area contributed by atoms with Crippen LogP contribution in [0.15, 0.2) is 51.9 Å². The Morgan fingerprint density at radius 2 is 1.96 bits per heavy atom. The molecule has 0 radical (unpaired) electrons. The van der Waals surface area contributed by atoms with Crippen LogP contribution in [0.4, 0.5) is 5.69 Å². The Morgan fingerprint density at radius 1 is 1.14 bits per heavy atom. The van der Waals surface area contributed by atoms with Gasteiger partial charge in [0, 0.05) is 30.3 Å². The zero-order chi connectivity index (χ0) is 19.4. The van der Waals surface area contributed by atoms with Crippen LogP contribution in [-0.4, -0.2) is 21.8 Å². The Bertz CT molecular complexity index is 1210. The first-order valence-corrected chi connectivity index (χ1v) is 8.83. The predicted molar refractivity (Wildman–Crippen MR) is 98.5 cm³/mol. The van der Waals surface area contributed by atoms with Crippen LogP contribution in [0.5, 0.6) is 11.5 Å². The van der Waals surface area contributed by atoms with E-state index in [1.807, 2.05) is 4.90 Å². The standard InChI is InChI=1S/C20H14N2O6/c23-17-7-8-27-18-14(17)5-6-16(22(25)26)19(18)28-13-4-1-11-10-21(12-2-3-12)20(24)15(11)9-13/h1,4-9,12H,2-3,10H2. The minimum atomic E-state index is -0.602. The fraction of sp³-hybridized carbons (Fsp3) is 0.200. The lowest BCUT2D eigenvalue weighted by Gasteiger charge is -2.13. The van der Waals surface area contributed by atoms with Crippen molar-refractivity contribution in [3.8, 4) is 11.5 Å². The lowest BCUT2D eigenvalue weighted by Crippen LogP contribution is -2.25. The van der Waals surface area contributed by atoms with Crippen LogP contribution in [0.1, 0.15) is 28.8 Å². The molecule has 0 spiro atoms. The van der Waals surface area contributed by atoms with Crippen molar-refractivity contribution in [2.24, 2.45) is 0 Å². The molecule has 0 bridgehead atoms. The first-order valence-electron chi connectivity index (χ1n) is 8.83. The second-order valence-electron chi connectivity index (χ2n) is 6.92. The summed E-state index contributed by atoms with van der Waals surface area (Å²) in [5.41, 5.74) is 0.781. The van der Waals surface area contributed by atoms with Crippen molar-refractivity contribution in [2.75, 3.05) is 0 Å². The van der Waals surface area contributed by atoms with E-state index in [0.717, 1.165) is 18.4 Å². The minimum absolute atomic E-state index is 0.00636. The molecule has 8 nitrogen and oxygen atoms in total. The van der Waals surface area contributed by atoms with E-state index in [1.165, 1.54) is 24.5 Å². The molecule has 2 aromatic carbocycles. The topological polar surface area (TPSA) is 103 Å². The quantitative estimate of drug-likeness (QED) is 0.507. The number of rotatable bonds is 4. The second-order valence-corrected chi connectivity index (χ2v) is 6.92. The molecule has 1 aliphatic heterocycles. The van der Waals surface area contributed by atoms with Gasteiger partial charge in [0.1, 0.15) is 5.75 Å². The van der Waals surface area contributed by atoms with E-state index in [4.69, 9.17) is 9.15 Å². The summed E-state index contributed by atoms with van der Waals surface area (Å²) in [6.45, 7) is 0.572. The first-order chi connectivity index (χ1) is 13.5. The third kappa shape index (κ3) is 2.53. The normalized spacial score (nSPS) is 15.7. The van der Waals surface area contributed by atoms with Gasteiger partial charge in [-0.2, -0.15) is 0 Å². The number of ether oxygens (including phenoxy) is 1. The molecule has 5 rings (SSSR count). The number of fused-ring (bicyclic) bond motifs is 2. The molecule has 1 aromatic heterocycles. The van der Waals surface area contributed by atoms with Crippen LogP contribution in [0.3, 0.4) is 0 Å². The summed E-state index contributed by atoms with van der Waals surface area (Å²) in [5.74, 6) is 0.0541. The zero-order valence-electron chi connectivity index (χ0n) is 14.6. The molecule has 2 aliphatic rings. The lowest BCUT2D eigenvalue weighted by atomic mass is 10.1.